The molecule has 1 saturated heterocycles. The van der Waals surface area contributed by atoms with Crippen LogP contribution in [0.2, 0.25) is 0 Å². The number of aliphatic carboxylic acids is 1. The van der Waals surface area contributed by atoms with Crippen molar-refractivity contribution in [2.75, 3.05) is 19.7 Å². The Kier molecular flexibility index (Phi) is 4.80. The van der Waals surface area contributed by atoms with E-state index >= 15 is 0 Å². The first-order valence-corrected chi connectivity index (χ1v) is 8.04. The van der Waals surface area contributed by atoms with Gasteiger partial charge < -0.3 is 14.7 Å². The number of carbonyl (C=O) groups is 2. The molecule has 8 heteroatoms. The Morgan fingerprint density at radius 1 is 1.40 bits per heavy atom. The van der Waals surface area contributed by atoms with Crippen LogP contribution < -0.4 is 5.56 Å². The molecule has 1 N–H and O–H groups in total. The number of benzene rings is 1. The van der Waals surface area contributed by atoms with Gasteiger partial charge in [-0.1, -0.05) is 12.1 Å². The fourth-order valence-corrected chi connectivity index (χ4v) is 2.90. The van der Waals surface area contributed by atoms with Gasteiger partial charge in [0.2, 0.25) is 5.91 Å². The number of para-hydroxylation sites is 1. The molecule has 2 aromatic rings. The second kappa shape index (κ2) is 7.02. The van der Waals surface area contributed by atoms with Crippen LogP contribution in [0.3, 0.4) is 0 Å². The number of aryl methyl sites for hydroxylation is 2. The zero-order valence-electron chi connectivity index (χ0n) is 13.8. The SMILES string of the molecule is Cc1cccc2c(=O)n(CCC(=O)N3CCO[C@H](C(=O)O)C3)cnc12. The van der Waals surface area contributed by atoms with E-state index in [1.165, 1.54) is 15.8 Å². The van der Waals surface area contributed by atoms with Gasteiger partial charge in [0.15, 0.2) is 6.10 Å². The van der Waals surface area contributed by atoms with Crippen LogP contribution in [0.4, 0.5) is 0 Å². The molecule has 1 fully saturated rings. The van der Waals surface area contributed by atoms with Crippen LogP contribution in [0.5, 0.6) is 0 Å². The van der Waals surface area contributed by atoms with Crippen LogP contribution in [-0.4, -0.2) is 57.2 Å². The first kappa shape index (κ1) is 17.1. The average molecular weight is 345 g/mol. The molecule has 132 valence electrons. The van der Waals surface area contributed by atoms with Crippen molar-refractivity contribution in [2.45, 2.75) is 26.0 Å². The van der Waals surface area contributed by atoms with Crippen LogP contribution >= 0.6 is 0 Å². The van der Waals surface area contributed by atoms with Gasteiger partial charge in [-0.3, -0.25) is 14.2 Å². The fourth-order valence-electron chi connectivity index (χ4n) is 2.90. The number of hydrogen-bond donors (Lipinski definition) is 1. The monoisotopic (exact) mass is 345 g/mol. The highest BCUT2D eigenvalue weighted by Gasteiger charge is 2.28. The zero-order valence-corrected chi connectivity index (χ0v) is 13.8. The Labute approximate surface area is 143 Å². The second-order valence-corrected chi connectivity index (χ2v) is 6.00. The third kappa shape index (κ3) is 3.53. The smallest absolute Gasteiger partial charge is 0.334 e. The minimum absolute atomic E-state index is 0.0260. The number of ether oxygens (including phenoxy) is 1. The Morgan fingerprint density at radius 2 is 2.20 bits per heavy atom. The van der Waals surface area contributed by atoms with Crippen molar-refractivity contribution in [1.82, 2.24) is 14.5 Å². The number of nitrogens with zero attached hydrogens (tertiary/aromatic N) is 3. The Morgan fingerprint density at radius 3 is 2.96 bits per heavy atom. The highest BCUT2D eigenvalue weighted by atomic mass is 16.5. The maximum atomic E-state index is 12.5. The van der Waals surface area contributed by atoms with Gasteiger partial charge in [-0.25, -0.2) is 9.78 Å². The minimum atomic E-state index is -1.08. The number of rotatable bonds is 4. The molecule has 3 rings (SSSR count). The van der Waals surface area contributed by atoms with Gasteiger partial charge in [0.1, 0.15) is 0 Å². The molecule has 0 spiro atoms. The normalized spacial score (nSPS) is 17.6. The molecule has 0 radical (unpaired) electrons. The topological polar surface area (TPSA) is 102 Å². The molecule has 1 aromatic carbocycles. The number of hydrogen-bond acceptors (Lipinski definition) is 5. The number of aromatic nitrogens is 2. The third-order valence-electron chi connectivity index (χ3n) is 4.32. The highest BCUT2D eigenvalue weighted by Crippen LogP contribution is 2.12. The average Bonchev–Trinajstić information content (AvgIpc) is 2.61. The fraction of sp³-hybridized carbons (Fsp3) is 0.412. The predicted octanol–water partition coefficient (Wildman–Crippen LogP) is 0.407. The van der Waals surface area contributed by atoms with E-state index in [9.17, 15) is 14.4 Å². The molecule has 1 aromatic heterocycles. The summed E-state index contributed by atoms with van der Waals surface area (Å²) < 4.78 is 6.51. The van der Waals surface area contributed by atoms with E-state index in [0.717, 1.165) is 5.56 Å². The molecule has 1 aliphatic rings. The molecular formula is C17H19N3O5. The molecule has 1 aliphatic heterocycles. The lowest BCUT2D eigenvalue weighted by Gasteiger charge is -2.31. The maximum absolute atomic E-state index is 12.5. The summed E-state index contributed by atoms with van der Waals surface area (Å²) in [5.41, 5.74) is 1.39. The lowest BCUT2D eigenvalue weighted by molar-refractivity contribution is -0.159. The molecule has 0 saturated carbocycles. The number of carbonyl (C=O) groups excluding carboxylic acids is 1. The summed E-state index contributed by atoms with van der Waals surface area (Å²) in [6, 6.07) is 5.41. The van der Waals surface area contributed by atoms with Crippen molar-refractivity contribution >= 4 is 22.8 Å². The number of morpholine rings is 1. The lowest BCUT2D eigenvalue weighted by atomic mass is 10.1. The van der Waals surface area contributed by atoms with Crippen LogP contribution in [0.15, 0.2) is 29.3 Å². The molecule has 1 amide bonds. The first-order chi connectivity index (χ1) is 12.0. The van der Waals surface area contributed by atoms with E-state index in [-0.39, 0.29) is 37.6 Å². The molecule has 1 atom stereocenters. The van der Waals surface area contributed by atoms with Crippen molar-refractivity contribution in [3.63, 3.8) is 0 Å². The van der Waals surface area contributed by atoms with Crippen LogP contribution in [0, 0.1) is 6.92 Å². The van der Waals surface area contributed by atoms with E-state index in [1.54, 1.807) is 12.1 Å². The van der Waals surface area contributed by atoms with Crippen LogP contribution in [0.25, 0.3) is 10.9 Å². The van der Waals surface area contributed by atoms with Crippen LogP contribution in [-0.2, 0) is 20.9 Å². The number of fused-ring (bicyclic) bond motifs is 1. The van der Waals surface area contributed by atoms with Crippen molar-refractivity contribution in [3.05, 3.63) is 40.4 Å². The first-order valence-electron chi connectivity index (χ1n) is 8.04. The number of amides is 1. The quantitative estimate of drug-likeness (QED) is 0.861. The van der Waals surface area contributed by atoms with Gasteiger partial charge in [0.25, 0.3) is 5.56 Å². The van der Waals surface area contributed by atoms with E-state index in [4.69, 9.17) is 9.84 Å². The summed E-state index contributed by atoms with van der Waals surface area (Å²) in [6.07, 6.45) is 0.556. The van der Waals surface area contributed by atoms with Crippen molar-refractivity contribution in [1.29, 1.82) is 0 Å². The number of carboxylic acid groups (broad SMARTS) is 1. The maximum Gasteiger partial charge on any atom is 0.334 e. The summed E-state index contributed by atoms with van der Waals surface area (Å²) in [5.74, 6) is -1.28. The van der Waals surface area contributed by atoms with Gasteiger partial charge >= 0.3 is 5.97 Å². The molecular weight excluding hydrogens is 326 g/mol. The largest absolute Gasteiger partial charge is 0.479 e. The van der Waals surface area contributed by atoms with E-state index in [1.807, 2.05) is 13.0 Å². The molecule has 2 heterocycles. The molecule has 8 nitrogen and oxygen atoms in total. The zero-order chi connectivity index (χ0) is 18.0. The molecule has 25 heavy (non-hydrogen) atoms. The Bertz CT molecular complexity index is 876. The van der Waals surface area contributed by atoms with Gasteiger partial charge in [-0.15, -0.1) is 0 Å². The molecule has 0 unspecified atom stereocenters. The Balaban J connectivity index is 1.70. The van der Waals surface area contributed by atoms with Crippen LogP contribution in [0.1, 0.15) is 12.0 Å². The summed E-state index contributed by atoms with van der Waals surface area (Å²) in [7, 11) is 0. The minimum Gasteiger partial charge on any atom is -0.479 e. The number of carboxylic acids is 1. The lowest BCUT2D eigenvalue weighted by Crippen LogP contribution is -2.48. The second-order valence-electron chi connectivity index (χ2n) is 6.00. The van der Waals surface area contributed by atoms with E-state index in [2.05, 4.69) is 4.98 Å². The van der Waals surface area contributed by atoms with Gasteiger partial charge in [-0.2, -0.15) is 0 Å². The van der Waals surface area contributed by atoms with Crippen molar-refractivity contribution in [3.8, 4) is 0 Å². The van der Waals surface area contributed by atoms with Crippen molar-refractivity contribution in [2.24, 2.45) is 0 Å². The predicted molar refractivity (Wildman–Crippen MR) is 89.3 cm³/mol. The van der Waals surface area contributed by atoms with Gasteiger partial charge in [0.05, 0.1) is 30.4 Å². The molecule has 0 aliphatic carbocycles. The summed E-state index contributed by atoms with van der Waals surface area (Å²) in [4.78, 5) is 41.6. The highest BCUT2D eigenvalue weighted by molar-refractivity contribution is 5.81. The Hall–Kier alpha value is -2.74. The summed E-state index contributed by atoms with van der Waals surface area (Å²) >= 11 is 0. The third-order valence-corrected chi connectivity index (χ3v) is 4.32. The standard InChI is InChI=1S/C17H19N3O5/c1-11-3-2-4-12-15(11)18-10-20(16(12)22)6-5-14(21)19-7-8-25-13(9-19)17(23)24/h2-4,10,13H,5-9H2,1H3,(H,23,24)/t13-/m0/s1. The molecule has 0 bridgehead atoms. The van der Waals surface area contributed by atoms with E-state index < -0.39 is 12.1 Å². The van der Waals surface area contributed by atoms with Crippen molar-refractivity contribution < 1.29 is 19.4 Å². The van der Waals surface area contributed by atoms with Gasteiger partial charge in [0, 0.05) is 19.5 Å². The van der Waals surface area contributed by atoms with E-state index in [0.29, 0.717) is 17.4 Å². The summed E-state index contributed by atoms with van der Waals surface area (Å²) in [6.45, 7) is 2.66. The van der Waals surface area contributed by atoms with Gasteiger partial charge in [-0.05, 0) is 18.6 Å². The summed E-state index contributed by atoms with van der Waals surface area (Å²) in [5, 5.41) is 9.51.